The molecule has 5 N–H and O–H groups in total. The molecule has 10 heteroatoms. The highest BCUT2D eigenvalue weighted by Crippen LogP contribution is 2.29. The number of hydrogen-bond donors (Lipinski definition) is 4. The predicted octanol–water partition coefficient (Wildman–Crippen LogP) is 3.61. The van der Waals surface area contributed by atoms with Crippen LogP contribution in [-0.2, 0) is 23.9 Å². The fourth-order valence-corrected chi connectivity index (χ4v) is 5.44. The summed E-state index contributed by atoms with van der Waals surface area (Å²) in [5.41, 5.74) is 6.77. The molecule has 3 amide bonds. The number of nitrogens with two attached hydrogens (primary N) is 1. The van der Waals surface area contributed by atoms with Crippen LogP contribution >= 0.6 is 0 Å². The first kappa shape index (κ1) is 33.1. The summed E-state index contributed by atoms with van der Waals surface area (Å²) in [6.07, 6.45) is 4.65. The van der Waals surface area contributed by atoms with E-state index < -0.39 is 35.5 Å². The molecule has 0 saturated carbocycles. The Balaban J connectivity index is 1.83. The lowest BCUT2D eigenvalue weighted by Crippen LogP contribution is -2.55. The van der Waals surface area contributed by atoms with Crippen LogP contribution in [0.4, 0.5) is 0 Å². The van der Waals surface area contributed by atoms with Crippen LogP contribution in [0.15, 0.2) is 30.5 Å². The van der Waals surface area contributed by atoms with Gasteiger partial charge in [-0.3, -0.25) is 14.4 Å². The van der Waals surface area contributed by atoms with Gasteiger partial charge in [0, 0.05) is 47.9 Å². The first-order valence-corrected chi connectivity index (χ1v) is 15.2. The number of carbonyl (C=O) groups excluding carboxylic acids is 4. The lowest BCUT2D eigenvalue weighted by molar-refractivity contribution is -0.159. The number of piperidine rings is 1. The van der Waals surface area contributed by atoms with E-state index in [0.717, 1.165) is 16.5 Å². The zero-order chi connectivity index (χ0) is 31.0. The molecule has 1 aromatic heterocycles. The molecule has 1 aromatic carbocycles. The van der Waals surface area contributed by atoms with E-state index in [9.17, 15) is 19.2 Å². The highest BCUT2D eigenvalue weighted by atomic mass is 16.6. The van der Waals surface area contributed by atoms with Crippen molar-refractivity contribution < 1.29 is 23.9 Å². The number of carbonyl (C=O) groups is 4. The summed E-state index contributed by atoms with van der Waals surface area (Å²) in [6.45, 7) is 12.5. The molecule has 2 heterocycles. The Kier molecular flexibility index (Phi) is 11.6. The normalized spacial score (nSPS) is 16.6. The number of aromatic amines is 1. The molecule has 1 saturated heterocycles. The molecule has 0 spiro atoms. The minimum absolute atomic E-state index is 0.0851. The van der Waals surface area contributed by atoms with Gasteiger partial charge in [0.05, 0.1) is 0 Å². The SMILES string of the molecule is CC(C)C(=O)N1CCC(C(=O)NC(C(=O)NC(CCCCN)C(=O)OC(C)(C)C)C(C)c2c[nH]c3ccccc23)CC1. The Bertz CT molecular complexity index is 1230. The molecule has 10 nitrogen and oxygen atoms in total. The Morgan fingerprint density at radius 2 is 1.71 bits per heavy atom. The average molecular weight is 584 g/mol. The number of para-hydroxylation sites is 1. The molecule has 2 aromatic rings. The summed E-state index contributed by atoms with van der Waals surface area (Å²) in [4.78, 5) is 58.1. The monoisotopic (exact) mass is 583 g/mol. The summed E-state index contributed by atoms with van der Waals surface area (Å²) in [7, 11) is 0. The van der Waals surface area contributed by atoms with E-state index in [4.69, 9.17) is 10.5 Å². The highest BCUT2D eigenvalue weighted by molar-refractivity contribution is 5.93. The van der Waals surface area contributed by atoms with Gasteiger partial charge in [-0.1, -0.05) is 39.0 Å². The number of nitrogens with zero attached hydrogens (tertiary/aromatic N) is 1. The number of H-pyrrole nitrogens is 1. The summed E-state index contributed by atoms with van der Waals surface area (Å²) in [5.74, 6) is -1.92. The van der Waals surface area contributed by atoms with E-state index >= 15 is 0 Å². The van der Waals surface area contributed by atoms with Gasteiger partial charge >= 0.3 is 5.97 Å². The third-order valence-electron chi connectivity index (χ3n) is 7.82. The molecule has 1 fully saturated rings. The van der Waals surface area contributed by atoms with Crippen molar-refractivity contribution in [3.63, 3.8) is 0 Å². The maximum absolute atomic E-state index is 13.9. The van der Waals surface area contributed by atoms with Crippen molar-refractivity contribution >= 4 is 34.6 Å². The van der Waals surface area contributed by atoms with Gasteiger partial charge in [-0.2, -0.15) is 0 Å². The Morgan fingerprint density at radius 3 is 2.33 bits per heavy atom. The number of esters is 1. The minimum Gasteiger partial charge on any atom is -0.458 e. The van der Waals surface area contributed by atoms with Crippen LogP contribution in [-0.4, -0.2) is 70.9 Å². The zero-order valence-corrected chi connectivity index (χ0v) is 26.0. The van der Waals surface area contributed by atoms with Crippen molar-refractivity contribution in [2.24, 2.45) is 17.6 Å². The van der Waals surface area contributed by atoms with E-state index in [-0.39, 0.29) is 23.7 Å². The van der Waals surface area contributed by atoms with Crippen LogP contribution in [0.25, 0.3) is 10.9 Å². The second kappa shape index (κ2) is 14.7. The molecule has 42 heavy (non-hydrogen) atoms. The van der Waals surface area contributed by atoms with Gasteiger partial charge in [0.15, 0.2) is 0 Å². The molecule has 3 atom stereocenters. The Hall–Kier alpha value is -3.40. The van der Waals surface area contributed by atoms with Crippen molar-refractivity contribution in [1.29, 1.82) is 0 Å². The van der Waals surface area contributed by atoms with Crippen LogP contribution in [0, 0.1) is 11.8 Å². The topological polar surface area (TPSA) is 147 Å². The molecule has 3 rings (SSSR count). The highest BCUT2D eigenvalue weighted by Gasteiger charge is 2.36. The lowest BCUT2D eigenvalue weighted by Gasteiger charge is -2.34. The number of likely N-dealkylation sites (tertiary alicyclic amines) is 1. The Morgan fingerprint density at radius 1 is 1.05 bits per heavy atom. The minimum atomic E-state index is -0.938. The third kappa shape index (κ3) is 8.80. The largest absolute Gasteiger partial charge is 0.458 e. The predicted molar refractivity (Wildman–Crippen MR) is 163 cm³/mol. The van der Waals surface area contributed by atoms with Gasteiger partial charge in [-0.05, 0) is 71.0 Å². The zero-order valence-electron chi connectivity index (χ0n) is 26.0. The fraction of sp³-hybridized carbons (Fsp3) is 0.625. The molecule has 0 radical (unpaired) electrons. The van der Waals surface area contributed by atoms with Crippen LogP contribution in [0.2, 0.25) is 0 Å². The maximum atomic E-state index is 13.9. The number of nitrogens with one attached hydrogen (secondary N) is 3. The number of amides is 3. The van der Waals surface area contributed by atoms with Gasteiger partial charge in [0.2, 0.25) is 17.7 Å². The lowest BCUT2D eigenvalue weighted by atomic mass is 9.90. The maximum Gasteiger partial charge on any atom is 0.329 e. The van der Waals surface area contributed by atoms with E-state index in [1.807, 2.05) is 51.2 Å². The molecular formula is C32H49N5O5. The van der Waals surface area contributed by atoms with Crippen molar-refractivity contribution in [3.05, 3.63) is 36.0 Å². The van der Waals surface area contributed by atoms with Gasteiger partial charge in [0.1, 0.15) is 17.7 Å². The first-order chi connectivity index (χ1) is 19.8. The van der Waals surface area contributed by atoms with Crippen molar-refractivity contribution in [3.8, 4) is 0 Å². The van der Waals surface area contributed by atoms with Gasteiger partial charge in [0.25, 0.3) is 0 Å². The average Bonchev–Trinajstić information content (AvgIpc) is 3.38. The second-order valence-electron chi connectivity index (χ2n) is 12.7. The smallest absolute Gasteiger partial charge is 0.329 e. The standard InChI is InChI=1S/C32H49N5O5/c1-20(2)30(40)37-17-14-22(15-18-37)28(38)36-27(21(3)24-19-34-25-12-8-7-11-23(24)25)29(39)35-26(13-9-10-16-33)31(41)42-32(4,5)6/h7-8,11-12,19-22,26-27,34H,9-10,13-18,33H2,1-6H3,(H,35,39)(H,36,38). The molecule has 1 aliphatic rings. The van der Waals surface area contributed by atoms with Crippen LogP contribution in [0.5, 0.6) is 0 Å². The van der Waals surface area contributed by atoms with Gasteiger partial charge in [-0.15, -0.1) is 0 Å². The number of rotatable bonds is 12. The third-order valence-corrected chi connectivity index (χ3v) is 7.82. The van der Waals surface area contributed by atoms with E-state index in [1.54, 1.807) is 25.7 Å². The van der Waals surface area contributed by atoms with Gasteiger partial charge < -0.3 is 31.0 Å². The summed E-state index contributed by atoms with van der Waals surface area (Å²) in [6, 6.07) is 5.99. The number of ether oxygens (including phenoxy) is 1. The van der Waals surface area contributed by atoms with Crippen LogP contribution in [0.3, 0.4) is 0 Å². The number of benzene rings is 1. The summed E-state index contributed by atoms with van der Waals surface area (Å²) < 4.78 is 5.61. The molecule has 0 bridgehead atoms. The van der Waals surface area contributed by atoms with E-state index in [0.29, 0.717) is 51.7 Å². The Labute approximate surface area is 249 Å². The molecule has 0 aliphatic carbocycles. The summed E-state index contributed by atoms with van der Waals surface area (Å²) in [5, 5.41) is 6.89. The van der Waals surface area contributed by atoms with Crippen LogP contribution in [0.1, 0.15) is 85.1 Å². The first-order valence-electron chi connectivity index (χ1n) is 15.2. The quantitative estimate of drug-likeness (QED) is 0.222. The number of unbranched alkanes of at least 4 members (excludes halogenated alkanes) is 1. The number of fused-ring (bicyclic) bond motifs is 1. The fourth-order valence-electron chi connectivity index (χ4n) is 5.44. The van der Waals surface area contributed by atoms with Crippen molar-refractivity contribution in [2.75, 3.05) is 19.6 Å². The van der Waals surface area contributed by atoms with E-state index in [2.05, 4.69) is 15.6 Å². The molecule has 232 valence electrons. The number of aromatic nitrogens is 1. The van der Waals surface area contributed by atoms with Crippen molar-refractivity contribution in [1.82, 2.24) is 20.5 Å². The van der Waals surface area contributed by atoms with Crippen LogP contribution < -0.4 is 16.4 Å². The van der Waals surface area contributed by atoms with Gasteiger partial charge in [-0.25, -0.2) is 4.79 Å². The molecule has 1 aliphatic heterocycles. The van der Waals surface area contributed by atoms with Crippen molar-refractivity contribution in [2.45, 2.75) is 97.2 Å². The van der Waals surface area contributed by atoms with E-state index in [1.165, 1.54) is 0 Å². The molecule has 3 unspecified atom stereocenters. The molecular weight excluding hydrogens is 534 g/mol. The second-order valence-corrected chi connectivity index (χ2v) is 12.7. The number of hydrogen-bond acceptors (Lipinski definition) is 6. The summed E-state index contributed by atoms with van der Waals surface area (Å²) >= 11 is 0.